The van der Waals surface area contributed by atoms with E-state index >= 15 is 0 Å². The number of nitrogens with zero attached hydrogens (tertiary/aromatic N) is 3. The van der Waals surface area contributed by atoms with Gasteiger partial charge in [0.25, 0.3) is 6.71 Å². The smallest absolute Gasteiger partial charge is 0.252 e. The highest BCUT2D eigenvalue weighted by molar-refractivity contribution is 7.00. The molecule has 3 heterocycles. The summed E-state index contributed by atoms with van der Waals surface area (Å²) >= 11 is 0. The maximum Gasteiger partial charge on any atom is 0.252 e. The molecule has 17 aromatic rings. The molecule has 2 aliphatic rings. The van der Waals surface area contributed by atoms with Gasteiger partial charge in [-0.3, -0.25) is 0 Å². The van der Waals surface area contributed by atoms with E-state index in [9.17, 15) is 0 Å². The molecule has 2 aliphatic heterocycles. The van der Waals surface area contributed by atoms with Gasteiger partial charge < -0.3 is 14.4 Å². The van der Waals surface area contributed by atoms with Gasteiger partial charge in [-0.05, 0) is 142 Å². The van der Waals surface area contributed by atoms with E-state index in [4.69, 9.17) is 0 Å². The van der Waals surface area contributed by atoms with E-state index in [0.29, 0.717) is 0 Å². The van der Waals surface area contributed by atoms with Crippen molar-refractivity contribution in [2.75, 3.05) is 9.80 Å². The zero-order valence-corrected chi connectivity index (χ0v) is 52.6. The van der Waals surface area contributed by atoms with E-state index in [1.807, 2.05) is 0 Å². The number of rotatable bonds is 10. The fourth-order valence-corrected chi connectivity index (χ4v) is 16.1. The Hall–Kier alpha value is -12.5. The minimum atomic E-state index is -0.191. The lowest BCUT2D eigenvalue weighted by atomic mass is 9.33. The van der Waals surface area contributed by atoms with Crippen LogP contribution in [0.4, 0.5) is 34.1 Å². The summed E-state index contributed by atoms with van der Waals surface area (Å²) in [5.41, 5.74) is 30.3. The maximum atomic E-state index is 2.65. The van der Waals surface area contributed by atoms with E-state index in [1.54, 1.807) is 0 Å². The van der Waals surface area contributed by atoms with E-state index in [0.717, 1.165) is 95.4 Å². The normalized spacial score (nSPS) is 12.3. The third kappa shape index (κ3) is 8.76. The number of anilines is 6. The third-order valence-corrected chi connectivity index (χ3v) is 20.2. The van der Waals surface area contributed by atoms with E-state index in [2.05, 4.69) is 378 Å². The number of aromatic nitrogens is 1. The van der Waals surface area contributed by atoms with Crippen LogP contribution in [0.1, 0.15) is 0 Å². The summed E-state index contributed by atoms with van der Waals surface area (Å²) < 4.78 is 2.48. The van der Waals surface area contributed by atoms with Crippen molar-refractivity contribution in [3.05, 3.63) is 364 Å². The van der Waals surface area contributed by atoms with Crippen LogP contribution in [-0.2, 0) is 0 Å². The van der Waals surface area contributed by atoms with Gasteiger partial charge in [0.05, 0.1) is 22.4 Å². The standard InChI is InChI=1S/C92H60BN3/c1-7-28-61(29-8-1)70-44-25-45-71(62-30-9-2-10-31-62)91(70)95-84-50-27-51-85-90(84)93(80-56-53-68(59-86(80)95)67-52-55-78-79(58-67)89(66-38-17-6-18-39-66)77-43-20-19-42-76(77)88(78)65-36-15-5-16-37-65)81-57-54-69(94-82-48-23-21-40-74(82)75-41-22-24-49-83(75)94)60-87(81)96(85)92-72(63-32-11-3-12-33-63)46-26-47-73(92)64-34-13-4-14-35-64/h1-60H. The van der Waals surface area contributed by atoms with Crippen molar-refractivity contribution in [3.63, 3.8) is 0 Å². The molecule has 0 saturated carbocycles. The van der Waals surface area contributed by atoms with Gasteiger partial charge >= 0.3 is 0 Å². The van der Waals surface area contributed by atoms with Gasteiger partial charge in [-0.2, -0.15) is 0 Å². The highest BCUT2D eigenvalue weighted by Crippen LogP contribution is 2.54. The van der Waals surface area contributed by atoms with Crippen LogP contribution >= 0.6 is 0 Å². The Labute approximate surface area is 559 Å². The molecular formula is C92H60BN3. The lowest BCUT2D eigenvalue weighted by Gasteiger charge is -2.45. The zero-order chi connectivity index (χ0) is 63.2. The summed E-state index contributed by atoms with van der Waals surface area (Å²) in [5, 5.41) is 7.37. The molecule has 0 N–H and O–H groups in total. The summed E-state index contributed by atoms with van der Waals surface area (Å²) in [6.07, 6.45) is 0. The van der Waals surface area contributed by atoms with Crippen LogP contribution in [0.5, 0.6) is 0 Å². The van der Waals surface area contributed by atoms with Gasteiger partial charge in [0, 0.05) is 61.5 Å². The summed E-state index contributed by atoms with van der Waals surface area (Å²) in [4.78, 5) is 5.28. The van der Waals surface area contributed by atoms with Crippen LogP contribution in [0, 0.1) is 0 Å². The van der Waals surface area contributed by atoms with Crippen molar-refractivity contribution in [2.24, 2.45) is 0 Å². The molecule has 0 fully saturated rings. The molecule has 0 atom stereocenters. The highest BCUT2D eigenvalue weighted by Gasteiger charge is 2.45. The Kier molecular flexibility index (Phi) is 13.0. The summed E-state index contributed by atoms with van der Waals surface area (Å²) in [7, 11) is 0. The molecule has 96 heavy (non-hydrogen) atoms. The lowest BCUT2D eigenvalue weighted by Crippen LogP contribution is -2.61. The fraction of sp³-hybridized carbons (Fsp3) is 0. The predicted octanol–water partition coefficient (Wildman–Crippen LogP) is 22.8. The van der Waals surface area contributed by atoms with Crippen molar-refractivity contribution in [2.45, 2.75) is 0 Å². The topological polar surface area (TPSA) is 11.4 Å². The van der Waals surface area contributed by atoms with Crippen LogP contribution in [-0.4, -0.2) is 11.3 Å². The van der Waals surface area contributed by atoms with Crippen LogP contribution < -0.4 is 26.2 Å². The molecule has 0 aliphatic carbocycles. The second-order valence-corrected chi connectivity index (χ2v) is 25.4. The van der Waals surface area contributed by atoms with Gasteiger partial charge in [0.1, 0.15) is 0 Å². The quantitative estimate of drug-likeness (QED) is 0.0999. The molecule has 446 valence electrons. The fourth-order valence-electron chi connectivity index (χ4n) is 16.1. The molecule has 3 nitrogen and oxygen atoms in total. The third-order valence-electron chi connectivity index (χ3n) is 20.2. The molecule has 0 unspecified atom stereocenters. The van der Waals surface area contributed by atoms with E-state index in [-0.39, 0.29) is 6.71 Å². The van der Waals surface area contributed by atoms with Gasteiger partial charge in [-0.1, -0.05) is 315 Å². The number of hydrogen-bond acceptors (Lipinski definition) is 2. The largest absolute Gasteiger partial charge is 0.310 e. The molecule has 0 amide bonds. The van der Waals surface area contributed by atoms with Crippen LogP contribution in [0.2, 0.25) is 0 Å². The van der Waals surface area contributed by atoms with Crippen molar-refractivity contribution in [3.8, 4) is 83.6 Å². The van der Waals surface area contributed by atoms with Gasteiger partial charge in [0.2, 0.25) is 0 Å². The van der Waals surface area contributed by atoms with Gasteiger partial charge in [-0.25, -0.2) is 0 Å². The van der Waals surface area contributed by atoms with Crippen LogP contribution in [0.3, 0.4) is 0 Å². The monoisotopic (exact) mass is 1220 g/mol. The van der Waals surface area contributed by atoms with E-state index in [1.165, 1.54) is 82.0 Å². The van der Waals surface area contributed by atoms with E-state index < -0.39 is 0 Å². The second kappa shape index (κ2) is 22.7. The van der Waals surface area contributed by atoms with Gasteiger partial charge in [-0.15, -0.1) is 0 Å². The molecule has 16 aromatic carbocycles. The zero-order valence-electron chi connectivity index (χ0n) is 52.6. The average Bonchev–Trinajstić information content (AvgIpc) is 0.710. The summed E-state index contributed by atoms with van der Waals surface area (Å²) in [6.45, 7) is -0.191. The predicted molar refractivity (Wildman–Crippen MR) is 408 cm³/mol. The number of fused-ring (bicyclic) bond motifs is 9. The minimum absolute atomic E-state index is 0.191. The lowest BCUT2D eigenvalue weighted by molar-refractivity contribution is 1.17. The minimum Gasteiger partial charge on any atom is -0.310 e. The van der Waals surface area contributed by atoms with Crippen molar-refractivity contribution in [1.82, 2.24) is 4.57 Å². The van der Waals surface area contributed by atoms with Crippen LogP contribution in [0.25, 0.3) is 127 Å². The number of benzene rings is 16. The average molecular weight is 1220 g/mol. The van der Waals surface area contributed by atoms with Crippen molar-refractivity contribution >= 4 is 101 Å². The molecule has 1 aromatic heterocycles. The number of para-hydroxylation sites is 4. The maximum absolute atomic E-state index is 2.65. The Morgan fingerprint density at radius 2 is 0.552 bits per heavy atom. The Morgan fingerprint density at radius 1 is 0.208 bits per heavy atom. The first-order valence-corrected chi connectivity index (χ1v) is 33.3. The molecule has 4 heteroatoms. The SMILES string of the molecule is c1ccc(-c2cccc(-c3ccccc3)c2N2c3cc(-c4ccc5c(-c6ccccc6)c6ccccc6c(-c6ccccc6)c5c4)ccc3B3c4ccc(-n5c6ccccc6c6ccccc65)cc4N(c4c(-c5ccccc5)cccc4-c4ccccc4)c4cccc2c43)cc1. The molecule has 0 saturated heterocycles. The Bertz CT molecular complexity index is 5720. The first-order valence-electron chi connectivity index (χ1n) is 33.3. The summed E-state index contributed by atoms with van der Waals surface area (Å²) in [5.74, 6) is 0. The van der Waals surface area contributed by atoms with Crippen molar-refractivity contribution in [1.29, 1.82) is 0 Å². The Morgan fingerprint density at radius 3 is 1.01 bits per heavy atom. The van der Waals surface area contributed by atoms with Gasteiger partial charge in [0.15, 0.2) is 0 Å². The molecular weight excluding hydrogens is 1160 g/mol. The molecule has 0 radical (unpaired) electrons. The first kappa shape index (κ1) is 55.2. The number of hydrogen-bond donors (Lipinski definition) is 0. The molecule has 0 spiro atoms. The summed E-state index contributed by atoms with van der Waals surface area (Å²) in [6, 6.07) is 135. The molecule has 19 rings (SSSR count). The van der Waals surface area contributed by atoms with Crippen LogP contribution in [0.15, 0.2) is 364 Å². The van der Waals surface area contributed by atoms with Crippen molar-refractivity contribution < 1.29 is 0 Å². The first-order chi connectivity index (χ1) is 47.7. The second-order valence-electron chi connectivity index (χ2n) is 25.4. The Balaban J connectivity index is 0.927. The molecule has 0 bridgehead atoms. The highest BCUT2D eigenvalue weighted by atomic mass is 15.2.